The van der Waals surface area contributed by atoms with E-state index in [2.05, 4.69) is 0 Å². The van der Waals surface area contributed by atoms with E-state index in [1.54, 1.807) is 12.1 Å². The van der Waals surface area contributed by atoms with Crippen LogP contribution in [-0.2, 0) is 6.18 Å². The van der Waals surface area contributed by atoms with E-state index in [1.807, 2.05) is 19.9 Å². The Kier molecular flexibility index (Phi) is 4.50. The molecule has 0 saturated carbocycles. The lowest BCUT2D eigenvalue weighted by atomic mass is 10.0. The average molecular weight is 304 g/mol. The molecule has 2 aromatic rings. The van der Waals surface area contributed by atoms with Gasteiger partial charge in [0.05, 0.1) is 5.56 Å². The fraction of sp³-hybridized carbons (Fsp3) is 0.167. The van der Waals surface area contributed by atoms with Crippen molar-refractivity contribution < 1.29 is 18.0 Å². The molecule has 0 radical (unpaired) electrons. The lowest BCUT2D eigenvalue weighted by molar-refractivity contribution is -0.137. The van der Waals surface area contributed by atoms with Gasteiger partial charge in [0.25, 0.3) is 0 Å². The quantitative estimate of drug-likeness (QED) is 0.561. The maximum absolute atomic E-state index is 12.6. The van der Waals surface area contributed by atoms with Crippen LogP contribution in [0.3, 0.4) is 0 Å². The topological polar surface area (TPSA) is 17.1 Å². The summed E-state index contributed by atoms with van der Waals surface area (Å²) in [5.74, 6) is -0.236. The summed E-state index contributed by atoms with van der Waals surface area (Å²) in [6.07, 6.45) is -1.70. The second kappa shape index (κ2) is 6.18. The van der Waals surface area contributed by atoms with Gasteiger partial charge in [0.15, 0.2) is 5.78 Å². The number of ketones is 1. The summed E-state index contributed by atoms with van der Waals surface area (Å²) in [4.78, 5) is 12.1. The lowest BCUT2D eigenvalue weighted by Crippen LogP contribution is -2.04. The van der Waals surface area contributed by atoms with Crippen LogP contribution in [0.15, 0.2) is 48.5 Å². The summed E-state index contributed by atoms with van der Waals surface area (Å²) in [5.41, 5.74) is 2.21. The Balaban J connectivity index is 2.21. The molecule has 0 aliphatic rings. The summed E-state index contributed by atoms with van der Waals surface area (Å²) in [7, 11) is 0. The van der Waals surface area contributed by atoms with Crippen LogP contribution in [0.5, 0.6) is 0 Å². The van der Waals surface area contributed by atoms with Gasteiger partial charge >= 0.3 is 6.18 Å². The molecular weight excluding hydrogens is 289 g/mol. The standard InChI is InChI=1S/C18H15F3O/c1-12-6-8-15(10-13(12)2)17(22)9-7-14-4-3-5-16(11-14)18(19,20)21/h3-11H,1-2H3/b9-7+. The van der Waals surface area contributed by atoms with Crippen LogP contribution < -0.4 is 0 Å². The smallest absolute Gasteiger partial charge is 0.289 e. The third-order valence-electron chi connectivity index (χ3n) is 3.43. The van der Waals surface area contributed by atoms with Gasteiger partial charge in [-0.2, -0.15) is 13.2 Å². The largest absolute Gasteiger partial charge is 0.416 e. The van der Waals surface area contributed by atoms with Crippen LogP contribution in [-0.4, -0.2) is 5.78 Å². The van der Waals surface area contributed by atoms with E-state index in [1.165, 1.54) is 24.3 Å². The highest BCUT2D eigenvalue weighted by Crippen LogP contribution is 2.29. The number of hydrogen-bond donors (Lipinski definition) is 0. The Labute approximate surface area is 127 Å². The zero-order chi connectivity index (χ0) is 16.3. The van der Waals surface area contributed by atoms with Crippen LogP contribution in [0.4, 0.5) is 13.2 Å². The lowest BCUT2D eigenvalue weighted by Gasteiger charge is -2.06. The fourth-order valence-electron chi connectivity index (χ4n) is 1.98. The van der Waals surface area contributed by atoms with Crippen LogP contribution in [0, 0.1) is 13.8 Å². The number of carbonyl (C=O) groups excluding carboxylic acids is 1. The monoisotopic (exact) mass is 304 g/mol. The SMILES string of the molecule is Cc1ccc(C(=O)/C=C/c2cccc(C(F)(F)F)c2)cc1C. The number of carbonyl (C=O) groups is 1. The molecule has 0 amide bonds. The summed E-state index contributed by atoms with van der Waals surface area (Å²) in [6, 6.07) is 10.2. The molecule has 0 heterocycles. The van der Waals surface area contributed by atoms with E-state index in [0.717, 1.165) is 23.3 Å². The van der Waals surface area contributed by atoms with Crippen molar-refractivity contribution in [3.63, 3.8) is 0 Å². The van der Waals surface area contributed by atoms with Crippen LogP contribution in [0.1, 0.15) is 32.6 Å². The highest BCUT2D eigenvalue weighted by atomic mass is 19.4. The molecule has 2 rings (SSSR count). The van der Waals surface area contributed by atoms with Crippen LogP contribution in [0.2, 0.25) is 0 Å². The normalized spacial score (nSPS) is 11.9. The first kappa shape index (κ1) is 16.0. The minimum Gasteiger partial charge on any atom is -0.289 e. The zero-order valence-corrected chi connectivity index (χ0v) is 12.2. The van der Waals surface area contributed by atoms with E-state index in [-0.39, 0.29) is 5.78 Å². The number of allylic oxidation sites excluding steroid dienone is 1. The maximum Gasteiger partial charge on any atom is 0.416 e. The highest BCUT2D eigenvalue weighted by Gasteiger charge is 2.30. The van der Waals surface area contributed by atoms with Gasteiger partial charge in [-0.15, -0.1) is 0 Å². The second-order valence-corrected chi connectivity index (χ2v) is 5.12. The fourth-order valence-corrected chi connectivity index (χ4v) is 1.98. The minimum absolute atomic E-state index is 0.236. The Bertz CT molecular complexity index is 727. The van der Waals surface area contributed by atoms with Crippen molar-refractivity contribution in [1.82, 2.24) is 0 Å². The van der Waals surface area contributed by atoms with Crippen LogP contribution >= 0.6 is 0 Å². The molecular formula is C18H15F3O. The number of rotatable bonds is 3. The van der Waals surface area contributed by atoms with E-state index >= 15 is 0 Å². The van der Waals surface area contributed by atoms with Crippen LogP contribution in [0.25, 0.3) is 6.08 Å². The first-order valence-corrected chi connectivity index (χ1v) is 6.74. The molecule has 2 aromatic carbocycles. The van der Waals surface area contributed by atoms with Crippen molar-refractivity contribution in [3.05, 3.63) is 76.4 Å². The van der Waals surface area contributed by atoms with Crippen molar-refractivity contribution in [2.24, 2.45) is 0 Å². The molecule has 0 saturated heterocycles. The Morgan fingerprint density at radius 2 is 1.73 bits per heavy atom. The predicted molar refractivity (Wildman–Crippen MR) is 80.7 cm³/mol. The minimum atomic E-state index is -4.39. The predicted octanol–water partition coefficient (Wildman–Crippen LogP) is 5.22. The molecule has 0 N–H and O–H groups in total. The van der Waals surface area contributed by atoms with Gasteiger partial charge in [0, 0.05) is 5.56 Å². The number of alkyl halides is 3. The second-order valence-electron chi connectivity index (χ2n) is 5.12. The van der Waals surface area contributed by atoms with Gasteiger partial charge in [0.1, 0.15) is 0 Å². The first-order chi connectivity index (χ1) is 10.3. The maximum atomic E-state index is 12.6. The molecule has 114 valence electrons. The van der Waals surface area contributed by atoms with Crippen molar-refractivity contribution in [2.45, 2.75) is 20.0 Å². The molecule has 0 bridgehead atoms. The molecule has 0 unspecified atom stereocenters. The van der Waals surface area contributed by atoms with E-state index in [9.17, 15) is 18.0 Å². The zero-order valence-electron chi connectivity index (χ0n) is 12.2. The number of aryl methyl sites for hydroxylation is 2. The molecule has 1 nitrogen and oxygen atoms in total. The molecule has 0 atom stereocenters. The van der Waals surface area contributed by atoms with Gasteiger partial charge in [-0.25, -0.2) is 0 Å². The Morgan fingerprint density at radius 1 is 1.00 bits per heavy atom. The highest BCUT2D eigenvalue weighted by molar-refractivity contribution is 6.06. The summed E-state index contributed by atoms with van der Waals surface area (Å²) in [6.45, 7) is 3.85. The molecule has 4 heteroatoms. The van der Waals surface area contributed by atoms with Crippen molar-refractivity contribution in [2.75, 3.05) is 0 Å². The average Bonchev–Trinajstić information content (AvgIpc) is 2.47. The van der Waals surface area contributed by atoms with Gasteiger partial charge in [-0.1, -0.05) is 30.3 Å². The van der Waals surface area contributed by atoms with Crippen molar-refractivity contribution in [1.29, 1.82) is 0 Å². The molecule has 0 aromatic heterocycles. The van der Waals surface area contributed by atoms with Gasteiger partial charge in [-0.05, 0) is 54.8 Å². The van der Waals surface area contributed by atoms with E-state index in [4.69, 9.17) is 0 Å². The third kappa shape index (κ3) is 3.85. The Morgan fingerprint density at radius 3 is 2.36 bits per heavy atom. The molecule has 0 spiro atoms. The van der Waals surface area contributed by atoms with Gasteiger partial charge in [0.2, 0.25) is 0 Å². The molecule has 22 heavy (non-hydrogen) atoms. The summed E-state index contributed by atoms with van der Waals surface area (Å²) >= 11 is 0. The molecule has 0 fully saturated rings. The summed E-state index contributed by atoms with van der Waals surface area (Å²) in [5, 5.41) is 0. The van der Waals surface area contributed by atoms with E-state index < -0.39 is 11.7 Å². The number of hydrogen-bond acceptors (Lipinski definition) is 1. The van der Waals surface area contributed by atoms with E-state index in [0.29, 0.717) is 11.1 Å². The Hall–Kier alpha value is -2.36. The van der Waals surface area contributed by atoms with Gasteiger partial charge in [-0.3, -0.25) is 4.79 Å². The third-order valence-corrected chi connectivity index (χ3v) is 3.43. The number of benzene rings is 2. The van der Waals surface area contributed by atoms with Crippen molar-refractivity contribution >= 4 is 11.9 Å². The first-order valence-electron chi connectivity index (χ1n) is 6.74. The van der Waals surface area contributed by atoms with Crippen molar-refractivity contribution in [3.8, 4) is 0 Å². The van der Waals surface area contributed by atoms with Gasteiger partial charge < -0.3 is 0 Å². The summed E-state index contributed by atoms with van der Waals surface area (Å²) < 4.78 is 37.9. The molecule has 0 aliphatic heterocycles. The molecule has 0 aliphatic carbocycles. The number of halogens is 3.